The van der Waals surface area contributed by atoms with Crippen LogP contribution in [0.15, 0.2) is 66.1 Å². The standard InChI is InChI=1S/C20H22FN3O2S/c1-20(2,3)16-5-7-17(8-6-16)27(25,26)23-13-15-4-9-19(18(21)12-15)24-11-10-22-14-24/h4-12,14,23H,13H2,1-3H3. The van der Waals surface area contributed by atoms with E-state index in [-0.39, 0.29) is 16.9 Å². The van der Waals surface area contributed by atoms with Crippen LogP contribution in [-0.4, -0.2) is 18.0 Å². The maximum Gasteiger partial charge on any atom is 0.240 e. The molecule has 0 saturated heterocycles. The van der Waals surface area contributed by atoms with Gasteiger partial charge in [0.2, 0.25) is 10.0 Å². The SMILES string of the molecule is CC(C)(C)c1ccc(S(=O)(=O)NCc2ccc(-n3ccnc3)c(F)c2)cc1. The fourth-order valence-electron chi connectivity index (χ4n) is 2.67. The first kappa shape index (κ1) is 19.3. The highest BCUT2D eigenvalue weighted by Crippen LogP contribution is 2.23. The van der Waals surface area contributed by atoms with Gasteiger partial charge in [-0.25, -0.2) is 22.5 Å². The lowest BCUT2D eigenvalue weighted by molar-refractivity contribution is 0.577. The molecule has 0 spiro atoms. The summed E-state index contributed by atoms with van der Waals surface area (Å²) >= 11 is 0. The number of imidazole rings is 1. The van der Waals surface area contributed by atoms with Gasteiger partial charge in [-0.1, -0.05) is 39.0 Å². The van der Waals surface area contributed by atoms with Gasteiger partial charge in [0.15, 0.2) is 0 Å². The van der Waals surface area contributed by atoms with E-state index >= 15 is 0 Å². The monoisotopic (exact) mass is 387 g/mol. The van der Waals surface area contributed by atoms with Gasteiger partial charge in [0, 0.05) is 18.9 Å². The number of sulfonamides is 1. The molecule has 0 fully saturated rings. The van der Waals surface area contributed by atoms with Crippen LogP contribution in [0.5, 0.6) is 0 Å². The number of nitrogens with one attached hydrogen (secondary N) is 1. The lowest BCUT2D eigenvalue weighted by Gasteiger charge is -2.19. The summed E-state index contributed by atoms with van der Waals surface area (Å²) in [5, 5.41) is 0. The van der Waals surface area contributed by atoms with Crippen molar-refractivity contribution in [2.45, 2.75) is 37.6 Å². The van der Waals surface area contributed by atoms with Gasteiger partial charge in [0.1, 0.15) is 5.82 Å². The molecule has 2 aromatic carbocycles. The highest BCUT2D eigenvalue weighted by atomic mass is 32.2. The van der Waals surface area contributed by atoms with Gasteiger partial charge in [-0.05, 0) is 40.8 Å². The summed E-state index contributed by atoms with van der Waals surface area (Å²) < 4.78 is 43.3. The quantitative estimate of drug-likeness (QED) is 0.724. The fraction of sp³-hybridized carbons (Fsp3) is 0.250. The average molecular weight is 387 g/mol. The summed E-state index contributed by atoms with van der Waals surface area (Å²) in [5.41, 5.74) is 1.89. The number of hydrogen-bond acceptors (Lipinski definition) is 3. The third kappa shape index (κ3) is 4.43. The van der Waals surface area contributed by atoms with E-state index in [2.05, 4.69) is 30.5 Å². The normalized spacial score (nSPS) is 12.3. The van der Waals surface area contributed by atoms with E-state index in [0.717, 1.165) is 5.56 Å². The van der Waals surface area contributed by atoms with Crippen LogP contribution < -0.4 is 4.72 Å². The van der Waals surface area contributed by atoms with Crippen molar-refractivity contribution in [2.75, 3.05) is 0 Å². The number of hydrogen-bond donors (Lipinski definition) is 1. The molecule has 0 aliphatic heterocycles. The lowest BCUT2D eigenvalue weighted by Crippen LogP contribution is -2.23. The van der Waals surface area contributed by atoms with Gasteiger partial charge >= 0.3 is 0 Å². The zero-order chi connectivity index (χ0) is 19.7. The Hall–Kier alpha value is -2.51. The Morgan fingerprint density at radius 2 is 1.81 bits per heavy atom. The van der Waals surface area contributed by atoms with Crippen molar-refractivity contribution in [1.29, 1.82) is 0 Å². The molecule has 5 nitrogen and oxygen atoms in total. The van der Waals surface area contributed by atoms with Crippen LogP contribution in [0.3, 0.4) is 0 Å². The highest BCUT2D eigenvalue weighted by Gasteiger charge is 2.17. The van der Waals surface area contributed by atoms with Crippen LogP contribution in [0.25, 0.3) is 5.69 Å². The van der Waals surface area contributed by atoms with Crippen molar-refractivity contribution < 1.29 is 12.8 Å². The number of aromatic nitrogens is 2. The van der Waals surface area contributed by atoms with Gasteiger partial charge in [-0.3, -0.25) is 0 Å². The Balaban J connectivity index is 1.73. The summed E-state index contributed by atoms with van der Waals surface area (Å²) in [6.45, 7) is 6.20. The summed E-state index contributed by atoms with van der Waals surface area (Å²) in [6, 6.07) is 11.4. The van der Waals surface area contributed by atoms with Crippen LogP contribution in [-0.2, 0) is 22.0 Å². The molecular formula is C20H22FN3O2S. The van der Waals surface area contributed by atoms with Crippen molar-refractivity contribution in [1.82, 2.24) is 14.3 Å². The largest absolute Gasteiger partial charge is 0.303 e. The summed E-state index contributed by atoms with van der Waals surface area (Å²) in [6.07, 6.45) is 4.70. The Kier molecular flexibility index (Phi) is 5.17. The van der Waals surface area contributed by atoms with Crippen LogP contribution >= 0.6 is 0 Å². The topological polar surface area (TPSA) is 64.0 Å². The molecule has 1 N–H and O–H groups in total. The van der Waals surface area contributed by atoms with Crippen molar-refractivity contribution >= 4 is 10.0 Å². The molecule has 0 bridgehead atoms. The smallest absolute Gasteiger partial charge is 0.240 e. The number of benzene rings is 2. The Bertz CT molecular complexity index is 1020. The maximum absolute atomic E-state index is 14.3. The minimum Gasteiger partial charge on any atom is -0.303 e. The molecule has 27 heavy (non-hydrogen) atoms. The molecule has 142 valence electrons. The van der Waals surface area contributed by atoms with Gasteiger partial charge in [0.05, 0.1) is 16.9 Å². The molecule has 0 unspecified atom stereocenters. The zero-order valence-electron chi connectivity index (χ0n) is 15.5. The van der Waals surface area contributed by atoms with E-state index in [1.807, 2.05) is 12.1 Å². The molecule has 3 aromatic rings. The third-order valence-electron chi connectivity index (χ3n) is 4.29. The van der Waals surface area contributed by atoms with E-state index in [9.17, 15) is 12.8 Å². The molecule has 7 heteroatoms. The minimum absolute atomic E-state index is 0.00445. The molecule has 1 heterocycles. The second-order valence-electron chi connectivity index (χ2n) is 7.35. The predicted octanol–water partition coefficient (Wildman–Crippen LogP) is 3.79. The fourth-order valence-corrected chi connectivity index (χ4v) is 3.68. The second-order valence-corrected chi connectivity index (χ2v) is 9.12. The second kappa shape index (κ2) is 7.25. The van der Waals surface area contributed by atoms with Crippen LogP contribution in [0.1, 0.15) is 31.9 Å². The zero-order valence-corrected chi connectivity index (χ0v) is 16.3. The third-order valence-corrected chi connectivity index (χ3v) is 5.71. The van der Waals surface area contributed by atoms with Gasteiger partial charge < -0.3 is 4.57 Å². The number of rotatable bonds is 5. The Morgan fingerprint density at radius 3 is 2.37 bits per heavy atom. The van der Waals surface area contributed by atoms with E-state index in [4.69, 9.17) is 0 Å². The van der Waals surface area contributed by atoms with Crippen molar-refractivity contribution in [3.63, 3.8) is 0 Å². The van der Waals surface area contributed by atoms with Gasteiger partial charge in [-0.2, -0.15) is 0 Å². The van der Waals surface area contributed by atoms with Crippen molar-refractivity contribution in [2.24, 2.45) is 0 Å². The van der Waals surface area contributed by atoms with E-state index < -0.39 is 15.8 Å². The molecule has 0 aliphatic carbocycles. The molecular weight excluding hydrogens is 365 g/mol. The molecule has 1 aromatic heterocycles. The van der Waals surface area contributed by atoms with E-state index in [0.29, 0.717) is 11.3 Å². The number of halogens is 1. The minimum atomic E-state index is -3.67. The molecule has 0 atom stereocenters. The van der Waals surface area contributed by atoms with Crippen LogP contribution in [0, 0.1) is 5.82 Å². The maximum atomic E-state index is 14.3. The molecule has 0 amide bonds. The van der Waals surface area contributed by atoms with E-state index in [1.54, 1.807) is 41.2 Å². The summed E-state index contributed by atoms with van der Waals surface area (Å²) in [7, 11) is -3.67. The molecule has 3 rings (SSSR count). The Morgan fingerprint density at radius 1 is 1.11 bits per heavy atom. The summed E-state index contributed by atoms with van der Waals surface area (Å²) in [5.74, 6) is -0.445. The predicted molar refractivity (Wildman–Crippen MR) is 103 cm³/mol. The first-order valence-electron chi connectivity index (χ1n) is 8.54. The van der Waals surface area contributed by atoms with E-state index in [1.165, 1.54) is 12.4 Å². The average Bonchev–Trinajstić information content (AvgIpc) is 3.14. The van der Waals surface area contributed by atoms with Crippen LogP contribution in [0.2, 0.25) is 0 Å². The summed E-state index contributed by atoms with van der Waals surface area (Å²) in [4.78, 5) is 4.08. The van der Waals surface area contributed by atoms with Crippen molar-refractivity contribution in [3.8, 4) is 5.69 Å². The molecule has 0 aliphatic rings. The van der Waals surface area contributed by atoms with Gasteiger partial charge in [-0.15, -0.1) is 0 Å². The van der Waals surface area contributed by atoms with Crippen molar-refractivity contribution in [3.05, 3.63) is 78.1 Å². The Labute approximate surface area is 158 Å². The first-order chi connectivity index (χ1) is 12.7. The molecule has 0 radical (unpaired) electrons. The first-order valence-corrected chi connectivity index (χ1v) is 10.0. The lowest BCUT2D eigenvalue weighted by atomic mass is 9.87. The van der Waals surface area contributed by atoms with Gasteiger partial charge in [0.25, 0.3) is 0 Å². The van der Waals surface area contributed by atoms with Crippen LogP contribution in [0.4, 0.5) is 4.39 Å². The number of nitrogens with zero attached hydrogens (tertiary/aromatic N) is 2. The highest BCUT2D eigenvalue weighted by molar-refractivity contribution is 7.89. The molecule has 0 saturated carbocycles.